The van der Waals surface area contributed by atoms with E-state index in [2.05, 4.69) is 56.7 Å². The van der Waals surface area contributed by atoms with Gasteiger partial charge in [0.05, 0.1) is 0 Å². The molecule has 0 unspecified atom stereocenters. The van der Waals surface area contributed by atoms with Crippen LogP contribution in [-0.2, 0) is 0 Å². The standard InChI is InChI=1S/C29H41N5O2/c1-3-4-5-6-13-30-31-29(36)25-7-10-27(11-8-25)33-16-14-32(15-17-33)19-24-20-34(21-24)28-12-9-26(22-35)23(2)18-28/h7-12,18,22,24,30H,3-6,13-17,19-21H2,1-2H3,(H,31,36). The topological polar surface area (TPSA) is 67.9 Å². The first-order valence-corrected chi connectivity index (χ1v) is 13.5. The molecule has 0 radical (unpaired) electrons. The highest BCUT2D eigenvalue weighted by Crippen LogP contribution is 2.27. The van der Waals surface area contributed by atoms with Crippen LogP contribution in [0.1, 0.15) is 58.9 Å². The number of unbranched alkanes of at least 4 members (excludes halogenated alkanes) is 3. The Hall–Kier alpha value is -2.90. The lowest BCUT2D eigenvalue weighted by Gasteiger charge is -2.45. The summed E-state index contributed by atoms with van der Waals surface area (Å²) in [4.78, 5) is 30.8. The number of nitrogens with one attached hydrogen (secondary N) is 2. The SMILES string of the molecule is CCCCCCNNC(=O)c1ccc(N2CCN(CC3CN(c4ccc(C=O)c(C)c4)C3)CC2)cc1. The number of anilines is 2. The molecule has 0 saturated carbocycles. The summed E-state index contributed by atoms with van der Waals surface area (Å²) in [5.41, 5.74) is 10.8. The molecular weight excluding hydrogens is 450 g/mol. The molecule has 36 heavy (non-hydrogen) atoms. The summed E-state index contributed by atoms with van der Waals surface area (Å²) in [5, 5.41) is 0. The predicted octanol–water partition coefficient (Wildman–Crippen LogP) is 3.88. The molecule has 2 aromatic rings. The van der Waals surface area contributed by atoms with Crippen LogP contribution in [0.25, 0.3) is 0 Å². The van der Waals surface area contributed by atoms with Gasteiger partial charge < -0.3 is 9.80 Å². The van der Waals surface area contributed by atoms with Crippen LogP contribution in [0.15, 0.2) is 42.5 Å². The molecule has 2 aromatic carbocycles. The predicted molar refractivity (Wildman–Crippen MR) is 147 cm³/mol. The fraction of sp³-hybridized carbons (Fsp3) is 0.517. The number of hydrogen-bond donors (Lipinski definition) is 2. The van der Waals surface area contributed by atoms with Gasteiger partial charge in [0.25, 0.3) is 5.91 Å². The molecule has 2 aliphatic rings. The fourth-order valence-electron chi connectivity index (χ4n) is 5.12. The van der Waals surface area contributed by atoms with Crippen LogP contribution in [0.4, 0.5) is 11.4 Å². The van der Waals surface area contributed by atoms with Crippen molar-refractivity contribution >= 4 is 23.6 Å². The van der Waals surface area contributed by atoms with E-state index in [4.69, 9.17) is 0 Å². The van der Waals surface area contributed by atoms with E-state index in [0.29, 0.717) is 11.5 Å². The number of carbonyl (C=O) groups is 2. The van der Waals surface area contributed by atoms with Crippen LogP contribution >= 0.6 is 0 Å². The maximum atomic E-state index is 12.3. The van der Waals surface area contributed by atoms with Crippen LogP contribution in [-0.4, -0.2) is 69.5 Å². The fourth-order valence-corrected chi connectivity index (χ4v) is 5.12. The van der Waals surface area contributed by atoms with Gasteiger partial charge in [-0.2, -0.15) is 0 Å². The molecule has 2 aliphatic heterocycles. The number of aryl methyl sites for hydroxylation is 1. The summed E-state index contributed by atoms with van der Waals surface area (Å²) in [6, 6.07) is 14.1. The van der Waals surface area contributed by atoms with E-state index in [-0.39, 0.29) is 5.91 Å². The highest BCUT2D eigenvalue weighted by Gasteiger charge is 2.30. The average Bonchev–Trinajstić information content (AvgIpc) is 2.88. The van der Waals surface area contributed by atoms with Crippen LogP contribution in [0.5, 0.6) is 0 Å². The Morgan fingerprint density at radius 1 is 0.944 bits per heavy atom. The largest absolute Gasteiger partial charge is 0.371 e. The first-order valence-electron chi connectivity index (χ1n) is 13.5. The van der Waals surface area contributed by atoms with Crippen LogP contribution in [0.2, 0.25) is 0 Å². The molecule has 2 fully saturated rings. The van der Waals surface area contributed by atoms with Crippen molar-refractivity contribution in [3.05, 3.63) is 59.2 Å². The number of benzene rings is 2. The zero-order valence-corrected chi connectivity index (χ0v) is 21.8. The normalized spacial score (nSPS) is 16.6. The van der Waals surface area contributed by atoms with E-state index in [1.807, 2.05) is 25.1 Å². The van der Waals surface area contributed by atoms with Crippen molar-refractivity contribution < 1.29 is 9.59 Å². The summed E-state index contributed by atoms with van der Waals surface area (Å²) >= 11 is 0. The summed E-state index contributed by atoms with van der Waals surface area (Å²) < 4.78 is 0. The monoisotopic (exact) mass is 491 g/mol. The zero-order valence-electron chi connectivity index (χ0n) is 21.8. The molecule has 2 saturated heterocycles. The Kier molecular flexibility index (Phi) is 9.36. The molecule has 0 bridgehead atoms. The van der Waals surface area contributed by atoms with E-state index in [1.165, 1.54) is 30.6 Å². The average molecular weight is 492 g/mol. The van der Waals surface area contributed by atoms with Crippen LogP contribution in [0, 0.1) is 12.8 Å². The van der Waals surface area contributed by atoms with Crippen molar-refractivity contribution in [2.45, 2.75) is 39.5 Å². The van der Waals surface area contributed by atoms with Crippen LogP contribution < -0.4 is 20.7 Å². The van der Waals surface area contributed by atoms with Crippen LogP contribution in [0.3, 0.4) is 0 Å². The molecule has 2 N–H and O–H groups in total. The third kappa shape index (κ3) is 6.86. The molecule has 1 amide bonds. The van der Waals surface area contributed by atoms with E-state index in [9.17, 15) is 9.59 Å². The van der Waals surface area contributed by atoms with Gasteiger partial charge in [-0.25, -0.2) is 5.43 Å². The molecule has 0 atom stereocenters. The number of piperazine rings is 1. The third-order valence-corrected chi connectivity index (χ3v) is 7.44. The van der Waals surface area contributed by atoms with Gasteiger partial charge in [-0.15, -0.1) is 0 Å². The maximum Gasteiger partial charge on any atom is 0.265 e. The molecule has 0 aromatic heterocycles. The van der Waals surface area contributed by atoms with E-state index >= 15 is 0 Å². The summed E-state index contributed by atoms with van der Waals surface area (Å²) in [5.74, 6) is 0.617. The number of hydrogen-bond acceptors (Lipinski definition) is 6. The van der Waals surface area contributed by atoms with E-state index in [1.54, 1.807) is 0 Å². The van der Waals surface area contributed by atoms with Gasteiger partial charge in [0.1, 0.15) is 6.29 Å². The summed E-state index contributed by atoms with van der Waals surface area (Å²) in [6.45, 7) is 12.4. The second kappa shape index (κ2) is 12.9. The molecule has 4 rings (SSSR count). The number of rotatable bonds is 12. The molecule has 7 heteroatoms. The molecule has 0 aliphatic carbocycles. The van der Waals surface area contributed by atoms with Crippen molar-refractivity contribution in [3.63, 3.8) is 0 Å². The van der Waals surface area contributed by atoms with Gasteiger partial charge in [0.15, 0.2) is 0 Å². The Bertz CT molecular complexity index is 995. The smallest absolute Gasteiger partial charge is 0.265 e. The van der Waals surface area contributed by atoms with Crippen molar-refractivity contribution in [1.82, 2.24) is 15.8 Å². The summed E-state index contributed by atoms with van der Waals surface area (Å²) in [6.07, 6.45) is 5.65. The lowest BCUT2D eigenvalue weighted by atomic mass is 9.97. The Labute approximate surface area is 215 Å². The lowest BCUT2D eigenvalue weighted by molar-refractivity contribution is 0.0932. The van der Waals surface area contributed by atoms with Gasteiger partial charge in [-0.3, -0.25) is 19.9 Å². The lowest BCUT2D eigenvalue weighted by Crippen LogP contribution is -2.55. The molecular formula is C29H41N5O2. The highest BCUT2D eigenvalue weighted by molar-refractivity contribution is 5.94. The van der Waals surface area contributed by atoms with Gasteiger partial charge >= 0.3 is 0 Å². The quantitative estimate of drug-likeness (QED) is 0.267. The van der Waals surface area contributed by atoms with E-state index in [0.717, 1.165) is 76.2 Å². The summed E-state index contributed by atoms with van der Waals surface area (Å²) in [7, 11) is 0. The van der Waals surface area contributed by atoms with Crippen molar-refractivity contribution in [2.24, 2.45) is 5.92 Å². The molecule has 194 valence electrons. The molecule has 7 nitrogen and oxygen atoms in total. The van der Waals surface area contributed by atoms with Gasteiger partial charge in [-0.05, 0) is 61.4 Å². The van der Waals surface area contributed by atoms with Crippen molar-refractivity contribution in [2.75, 3.05) is 62.2 Å². The first-order chi connectivity index (χ1) is 17.6. The third-order valence-electron chi connectivity index (χ3n) is 7.44. The van der Waals surface area contributed by atoms with E-state index < -0.39 is 0 Å². The molecule has 0 spiro atoms. The molecule has 2 heterocycles. The minimum atomic E-state index is -0.0776. The first kappa shape index (κ1) is 26.2. The number of nitrogens with zero attached hydrogens (tertiary/aromatic N) is 3. The second-order valence-electron chi connectivity index (χ2n) is 10.2. The second-order valence-corrected chi connectivity index (χ2v) is 10.2. The Morgan fingerprint density at radius 3 is 2.33 bits per heavy atom. The minimum absolute atomic E-state index is 0.0776. The number of hydrazine groups is 1. The van der Waals surface area contributed by atoms with Crippen molar-refractivity contribution in [3.8, 4) is 0 Å². The van der Waals surface area contributed by atoms with Gasteiger partial charge in [-0.1, -0.05) is 26.2 Å². The van der Waals surface area contributed by atoms with Gasteiger partial charge in [0, 0.05) is 80.8 Å². The van der Waals surface area contributed by atoms with Gasteiger partial charge in [0.2, 0.25) is 0 Å². The Morgan fingerprint density at radius 2 is 1.67 bits per heavy atom. The van der Waals surface area contributed by atoms with Crippen molar-refractivity contribution in [1.29, 1.82) is 0 Å². The zero-order chi connectivity index (χ0) is 25.3. The maximum absolute atomic E-state index is 12.3. The Balaban J connectivity index is 1.15. The highest BCUT2D eigenvalue weighted by atomic mass is 16.2. The number of aldehydes is 1. The number of amides is 1. The number of carbonyl (C=O) groups excluding carboxylic acids is 2. The minimum Gasteiger partial charge on any atom is -0.371 e.